The second-order valence-electron chi connectivity index (χ2n) is 7.17. The second-order valence-corrected chi connectivity index (χ2v) is 8.25. The molecular weight excluding hydrogens is 422 g/mol. The van der Waals surface area contributed by atoms with E-state index >= 15 is 0 Å². The number of imidazole rings is 1. The minimum absolute atomic E-state index is 0.00553. The van der Waals surface area contributed by atoms with Gasteiger partial charge >= 0.3 is 5.97 Å². The van der Waals surface area contributed by atoms with Gasteiger partial charge in [0.2, 0.25) is 5.91 Å². The number of fused-ring (bicyclic) bond motifs is 2. The van der Waals surface area contributed by atoms with Crippen molar-refractivity contribution < 1.29 is 14.3 Å². The molecule has 0 saturated heterocycles. The number of para-hydroxylation sites is 2. The molecule has 0 spiro atoms. The van der Waals surface area contributed by atoms with Gasteiger partial charge in [-0.05, 0) is 36.4 Å². The second kappa shape index (κ2) is 8.72. The van der Waals surface area contributed by atoms with Crippen LogP contribution in [0.1, 0.15) is 16.8 Å². The van der Waals surface area contributed by atoms with Crippen LogP contribution in [0.5, 0.6) is 0 Å². The monoisotopic (exact) mass is 441 g/mol. The Morgan fingerprint density at radius 1 is 0.906 bits per heavy atom. The van der Waals surface area contributed by atoms with Gasteiger partial charge in [-0.15, -0.1) is 0 Å². The van der Waals surface area contributed by atoms with E-state index in [0.29, 0.717) is 5.56 Å². The average molecular weight is 442 g/mol. The molecule has 0 atom stereocenters. The Balaban J connectivity index is 1.25. The fourth-order valence-electron chi connectivity index (χ4n) is 3.59. The van der Waals surface area contributed by atoms with Crippen LogP contribution >= 0.6 is 11.8 Å². The lowest BCUT2D eigenvalue weighted by atomic mass is 10.1. The number of benzene rings is 3. The molecule has 0 fully saturated rings. The fraction of sp³-hybridized carbons (Fsp3) is 0.0800. The summed E-state index contributed by atoms with van der Waals surface area (Å²) in [6.07, 6.45) is 3.50. The van der Waals surface area contributed by atoms with E-state index in [0.717, 1.165) is 32.6 Å². The topological polar surface area (TPSA) is 75.3 Å². The zero-order valence-corrected chi connectivity index (χ0v) is 17.8. The Kier molecular flexibility index (Phi) is 5.47. The molecule has 0 bridgehead atoms. The number of nitrogens with one attached hydrogen (secondary N) is 1. The van der Waals surface area contributed by atoms with Crippen LogP contribution in [-0.4, -0.2) is 28.5 Å². The minimum atomic E-state index is -0.459. The summed E-state index contributed by atoms with van der Waals surface area (Å²) in [6, 6.07) is 22.6. The lowest BCUT2D eigenvalue weighted by Gasteiger charge is -2.31. The number of carbonyl (C=O) groups is 2. The molecule has 158 valence electrons. The third-order valence-corrected chi connectivity index (χ3v) is 6.25. The molecule has 1 amide bonds. The largest absolute Gasteiger partial charge is 0.462 e. The van der Waals surface area contributed by atoms with Crippen molar-refractivity contribution in [2.45, 2.75) is 16.2 Å². The molecule has 0 aliphatic carbocycles. The van der Waals surface area contributed by atoms with Crippen LogP contribution in [0.25, 0.3) is 11.4 Å². The highest BCUT2D eigenvalue weighted by molar-refractivity contribution is 7.99. The molecule has 0 radical (unpaired) electrons. The summed E-state index contributed by atoms with van der Waals surface area (Å²) >= 11 is 1.64. The van der Waals surface area contributed by atoms with Crippen molar-refractivity contribution in [3.8, 4) is 11.4 Å². The van der Waals surface area contributed by atoms with Gasteiger partial charge in [0.05, 0.1) is 23.4 Å². The van der Waals surface area contributed by atoms with Gasteiger partial charge in [0.15, 0.2) is 0 Å². The van der Waals surface area contributed by atoms with Crippen molar-refractivity contribution in [1.29, 1.82) is 0 Å². The third kappa shape index (κ3) is 3.90. The number of aromatic nitrogens is 2. The highest BCUT2D eigenvalue weighted by Gasteiger charge is 2.27. The maximum atomic E-state index is 13.1. The summed E-state index contributed by atoms with van der Waals surface area (Å²) in [5.74, 6) is 0.153. The first-order chi connectivity index (χ1) is 15.7. The van der Waals surface area contributed by atoms with Crippen LogP contribution in [0.2, 0.25) is 0 Å². The summed E-state index contributed by atoms with van der Waals surface area (Å²) in [7, 11) is 0. The summed E-state index contributed by atoms with van der Waals surface area (Å²) in [5, 5.41) is 0. The van der Waals surface area contributed by atoms with Crippen molar-refractivity contribution in [1.82, 2.24) is 9.97 Å². The number of hydrogen-bond acceptors (Lipinski definition) is 5. The van der Waals surface area contributed by atoms with E-state index in [-0.39, 0.29) is 18.9 Å². The number of nitrogens with zero attached hydrogens (tertiary/aromatic N) is 2. The smallest absolute Gasteiger partial charge is 0.338 e. The number of hydrogen-bond donors (Lipinski definition) is 1. The first-order valence-electron chi connectivity index (χ1n) is 10.2. The maximum Gasteiger partial charge on any atom is 0.338 e. The van der Waals surface area contributed by atoms with Crippen LogP contribution < -0.4 is 4.90 Å². The van der Waals surface area contributed by atoms with E-state index in [1.165, 1.54) is 0 Å². The van der Waals surface area contributed by atoms with E-state index in [2.05, 4.69) is 9.97 Å². The van der Waals surface area contributed by atoms with Crippen molar-refractivity contribution in [3.05, 3.63) is 90.8 Å². The van der Waals surface area contributed by atoms with Crippen LogP contribution in [-0.2, 0) is 9.53 Å². The predicted molar refractivity (Wildman–Crippen MR) is 123 cm³/mol. The van der Waals surface area contributed by atoms with E-state index in [9.17, 15) is 9.59 Å². The van der Waals surface area contributed by atoms with Crippen molar-refractivity contribution in [2.75, 3.05) is 11.5 Å². The Labute approximate surface area is 189 Å². The van der Waals surface area contributed by atoms with Gasteiger partial charge < -0.3 is 9.72 Å². The molecule has 2 heterocycles. The maximum absolute atomic E-state index is 13.1. The molecule has 1 N–H and O–H groups in total. The number of aromatic amines is 1. The number of amides is 1. The Morgan fingerprint density at radius 3 is 2.19 bits per heavy atom. The first kappa shape index (κ1) is 20.1. The van der Waals surface area contributed by atoms with Gasteiger partial charge in [-0.3, -0.25) is 9.69 Å². The number of H-pyrrole nitrogens is 1. The SMILES string of the molecule is O=C(OCCC(=O)N1c2ccccc2Sc2ccccc21)c1ccc(-c2ncc[nH]2)cc1. The minimum Gasteiger partial charge on any atom is -0.462 e. The predicted octanol–water partition coefficient (Wildman–Crippen LogP) is 5.45. The fourth-order valence-corrected chi connectivity index (χ4v) is 4.64. The summed E-state index contributed by atoms with van der Waals surface area (Å²) in [4.78, 5) is 36.5. The van der Waals surface area contributed by atoms with Crippen LogP contribution in [0.4, 0.5) is 11.4 Å². The molecule has 1 aromatic heterocycles. The van der Waals surface area contributed by atoms with Gasteiger partial charge in [0, 0.05) is 27.7 Å². The summed E-state index contributed by atoms with van der Waals surface area (Å²) in [6.45, 7) is 0.00553. The molecule has 5 rings (SSSR count). The van der Waals surface area contributed by atoms with Gasteiger partial charge in [-0.1, -0.05) is 48.2 Å². The number of rotatable bonds is 5. The van der Waals surface area contributed by atoms with E-state index < -0.39 is 5.97 Å². The van der Waals surface area contributed by atoms with Crippen molar-refractivity contribution in [2.24, 2.45) is 0 Å². The normalized spacial score (nSPS) is 12.1. The highest BCUT2D eigenvalue weighted by atomic mass is 32.2. The van der Waals surface area contributed by atoms with Crippen LogP contribution in [0.3, 0.4) is 0 Å². The summed E-state index contributed by atoms with van der Waals surface area (Å²) < 4.78 is 5.38. The van der Waals surface area contributed by atoms with Gasteiger partial charge in [-0.2, -0.15) is 0 Å². The Morgan fingerprint density at radius 2 is 1.56 bits per heavy atom. The molecule has 6 nitrogen and oxygen atoms in total. The van der Waals surface area contributed by atoms with Crippen molar-refractivity contribution >= 4 is 35.0 Å². The molecule has 4 aromatic rings. The first-order valence-corrected chi connectivity index (χ1v) is 11.0. The summed E-state index contributed by atoms with van der Waals surface area (Å²) in [5.41, 5.74) is 3.00. The number of anilines is 2. The molecule has 0 unspecified atom stereocenters. The molecule has 1 aliphatic heterocycles. The molecule has 32 heavy (non-hydrogen) atoms. The van der Waals surface area contributed by atoms with Crippen LogP contribution in [0, 0.1) is 0 Å². The van der Waals surface area contributed by atoms with Gasteiger partial charge in [-0.25, -0.2) is 9.78 Å². The Hall–Kier alpha value is -3.84. The van der Waals surface area contributed by atoms with Crippen LogP contribution in [0.15, 0.2) is 95.0 Å². The third-order valence-electron chi connectivity index (χ3n) is 5.12. The van der Waals surface area contributed by atoms with E-state index in [1.807, 2.05) is 48.5 Å². The number of carbonyl (C=O) groups excluding carboxylic acids is 2. The average Bonchev–Trinajstić information content (AvgIpc) is 3.37. The standard InChI is InChI=1S/C25H19N3O3S/c29-23(28-19-5-1-3-7-21(19)32-22-8-4-2-6-20(22)28)13-16-31-25(30)18-11-9-17(10-12-18)24-26-14-15-27-24/h1-12,14-15H,13,16H2,(H,26,27). The lowest BCUT2D eigenvalue weighted by molar-refractivity contribution is -0.118. The molecule has 3 aromatic carbocycles. The zero-order valence-electron chi connectivity index (χ0n) is 17.0. The molecule has 1 aliphatic rings. The zero-order chi connectivity index (χ0) is 21.9. The molecule has 0 saturated carbocycles. The lowest BCUT2D eigenvalue weighted by Crippen LogP contribution is -2.29. The Bertz CT molecular complexity index is 1220. The number of ether oxygens (including phenoxy) is 1. The van der Waals surface area contributed by atoms with E-state index in [4.69, 9.17) is 4.74 Å². The highest BCUT2D eigenvalue weighted by Crippen LogP contribution is 2.48. The molecule has 7 heteroatoms. The van der Waals surface area contributed by atoms with E-state index in [1.54, 1.807) is 53.3 Å². The molecular formula is C25H19N3O3S. The number of esters is 1. The quantitative estimate of drug-likeness (QED) is 0.417. The van der Waals surface area contributed by atoms with Gasteiger partial charge in [0.25, 0.3) is 0 Å². The van der Waals surface area contributed by atoms with Crippen molar-refractivity contribution in [3.63, 3.8) is 0 Å². The van der Waals surface area contributed by atoms with Gasteiger partial charge in [0.1, 0.15) is 12.4 Å².